The van der Waals surface area contributed by atoms with E-state index in [1.165, 1.54) is 10.5 Å². The van der Waals surface area contributed by atoms with Gasteiger partial charge in [-0.2, -0.15) is 0 Å². The molecule has 2 fully saturated rings. The fourth-order valence-electron chi connectivity index (χ4n) is 5.20. The second-order valence-corrected chi connectivity index (χ2v) is 8.58. The molecule has 166 valence electrons. The molecule has 4 rings (SSSR count). The van der Waals surface area contributed by atoms with Crippen LogP contribution in [0.5, 0.6) is 5.75 Å². The summed E-state index contributed by atoms with van der Waals surface area (Å²) in [6.45, 7) is 6.28. The van der Waals surface area contributed by atoms with Crippen LogP contribution in [0.4, 0.5) is 0 Å². The number of amides is 2. The predicted octanol–water partition coefficient (Wildman–Crippen LogP) is 1.91. The number of carbonyl (C=O) groups excluding carboxylic acids is 2. The second kappa shape index (κ2) is 9.12. The van der Waals surface area contributed by atoms with Crippen molar-refractivity contribution in [3.8, 4) is 5.75 Å². The first-order valence-corrected chi connectivity index (χ1v) is 11.2. The number of hydrogen-bond acceptors (Lipinski definition) is 4. The van der Waals surface area contributed by atoms with Gasteiger partial charge in [0.2, 0.25) is 11.8 Å². The van der Waals surface area contributed by atoms with Crippen LogP contribution in [0.15, 0.2) is 35.3 Å². The molecule has 7 heteroatoms. The number of imide groups is 1. The Morgan fingerprint density at radius 1 is 1.16 bits per heavy atom. The molecule has 2 amide bonds. The zero-order chi connectivity index (χ0) is 22.0. The largest absolute Gasteiger partial charge is 0.496 e. The first kappa shape index (κ1) is 21.4. The molecular weight excluding hydrogens is 392 g/mol. The van der Waals surface area contributed by atoms with E-state index in [1.807, 2.05) is 19.1 Å². The number of allylic oxidation sites excluding steroid dienone is 2. The third-order valence-corrected chi connectivity index (χ3v) is 6.62. The van der Waals surface area contributed by atoms with Gasteiger partial charge in [0.1, 0.15) is 5.75 Å². The number of nitrogens with zero attached hydrogens (tertiary/aromatic N) is 2. The molecule has 1 saturated heterocycles. The molecule has 31 heavy (non-hydrogen) atoms. The van der Waals surface area contributed by atoms with E-state index in [-0.39, 0.29) is 35.5 Å². The van der Waals surface area contributed by atoms with Crippen LogP contribution in [0.3, 0.4) is 0 Å². The first-order valence-electron chi connectivity index (χ1n) is 11.2. The number of likely N-dealkylation sites (tertiary alicyclic amines) is 1. The highest BCUT2D eigenvalue weighted by Gasteiger charge is 2.58. The summed E-state index contributed by atoms with van der Waals surface area (Å²) in [5, 5.41) is 6.49. The van der Waals surface area contributed by atoms with Crippen LogP contribution in [0, 0.1) is 30.6 Å². The molecule has 0 radical (unpaired) electrons. The summed E-state index contributed by atoms with van der Waals surface area (Å²) in [5.41, 5.74) is 2.32. The number of hydrogen-bond donors (Lipinski definition) is 2. The highest BCUT2D eigenvalue weighted by atomic mass is 16.5. The number of guanidine groups is 1. The standard InChI is InChI=1S/C24H32N4O3/c1-4-25-24(26-10-9-16-13-15(2)5-8-19(16)31-3)27-11-12-28-22(29)20-17-6-7-18(14-17)21(20)23(28)30/h5-8,13,17-18,20-21H,4,9-12,14H2,1-3H3,(H2,25,26,27). The van der Waals surface area contributed by atoms with Crippen LogP contribution in [-0.4, -0.2) is 56.0 Å². The van der Waals surface area contributed by atoms with Gasteiger partial charge in [-0.3, -0.25) is 19.5 Å². The molecule has 1 aromatic carbocycles. The van der Waals surface area contributed by atoms with E-state index >= 15 is 0 Å². The lowest BCUT2D eigenvalue weighted by Crippen LogP contribution is -2.43. The number of methoxy groups -OCH3 is 1. The van der Waals surface area contributed by atoms with Gasteiger partial charge in [-0.15, -0.1) is 0 Å². The lowest BCUT2D eigenvalue weighted by molar-refractivity contribution is -0.140. The van der Waals surface area contributed by atoms with Gasteiger partial charge in [0.05, 0.1) is 18.9 Å². The minimum absolute atomic E-state index is 0.00197. The average molecular weight is 425 g/mol. The summed E-state index contributed by atoms with van der Waals surface area (Å²) in [4.78, 5) is 31.7. The Morgan fingerprint density at radius 2 is 1.87 bits per heavy atom. The topological polar surface area (TPSA) is 83.0 Å². The monoisotopic (exact) mass is 424 g/mol. The minimum atomic E-state index is -0.131. The van der Waals surface area contributed by atoms with Crippen molar-refractivity contribution in [2.75, 3.05) is 33.3 Å². The molecule has 4 atom stereocenters. The van der Waals surface area contributed by atoms with Gasteiger partial charge < -0.3 is 15.4 Å². The smallest absolute Gasteiger partial charge is 0.233 e. The second-order valence-electron chi connectivity index (χ2n) is 8.58. The van der Waals surface area contributed by atoms with Crippen LogP contribution >= 0.6 is 0 Å². The van der Waals surface area contributed by atoms with E-state index in [2.05, 4.69) is 40.8 Å². The number of nitrogens with one attached hydrogen (secondary N) is 2. The zero-order valence-corrected chi connectivity index (χ0v) is 18.6. The molecular formula is C24H32N4O3. The summed E-state index contributed by atoms with van der Waals surface area (Å²) < 4.78 is 5.44. The maximum Gasteiger partial charge on any atom is 0.233 e. The third-order valence-electron chi connectivity index (χ3n) is 6.62. The van der Waals surface area contributed by atoms with Crippen LogP contribution in [0.25, 0.3) is 0 Å². The normalized spacial score (nSPS) is 26.5. The maximum atomic E-state index is 12.8. The van der Waals surface area contributed by atoms with Gasteiger partial charge in [-0.05, 0) is 50.2 Å². The van der Waals surface area contributed by atoms with Crippen molar-refractivity contribution in [1.82, 2.24) is 15.5 Å². The third kappa shape index (κ3) is 4.18. The Kier molecular flexibility index (Phi) is 6.30. The minimum Gasteiger partial charge on any atom is -0.496 e. The van der Waals surface area contributed by atoms with Crippen molar-refractivity contribution in [2.45, 2.75) is 26.7 Å². The van der Waals surface area contributed by atoms with E-state index in [1.54, 1.807) is 7.11 Å². The van der Waals surface area contributed by atoms with Gasteiger partial charge in [0.15, 0.2) is 5.96 Å². The lowest BCUT2D eigenvalue weighted by atomic mass is 9.85. The van der Waals surface area contributed by atoms with Crippen LogP contribution in [0.1, 0.15) is 24.5 Å². The van der Waals surface area contributed by atoms with Gasteiger partial charge in [0, 0.05) is 26.2 Å². The van der Waals surface area contributed by atoms with Crippen molar-refractivity contribution < 1.29 is 14.3 Å². The maximum absolute atomic E-state index is 12.8. The molecule has 1 aromatic rings. The predicted molar refractivity (Wildman–Crippen MR) is 120 cm³/mol. The summed E-state index contributed by atoms with van der Waals surface area (Å²) in [6.07, 6.45) is 5.97. The van der Waals surface area contributed by atoms with Crippen LogP contribution in [-0.2, 0) is 16.0 Å². The summed E-state index contributed by atoms with van der Waals surface area (Å²) in [5.74, 6) is 1.81. The van der Waals surface area contributed by atoms with Crippen molar-refractivity contribution in [3.63, 3.8) is 0 Å². The van der Waals surface area contributed by atoms with E-state index in [4.69, 9.17) is 4.74 Å². The highest BCUT2D eigenvalue weighted by Crippen LogP contribution is 2.52. The summed E-state index contributed by atoms with van der Waals surface area (Å²) in [6, 6.07) is 6.14. The van der Waals surface area contributed by atoms with Gasteiger partial charge in [-0.1, -0.05) is 29.8 Å². The van der Waals surface area contributed by atoms with Gasteiger partial charge in [-0.25, -0.2) is 0 Å². The molecule has 1 aliphatic heterocycles. The fourth-order valence-corrected chi connectivity index (χ4v) is 5.20. The molecule has 2 aliphatic carbocycles. The Balaban J connectivity index is 1.31. The van der Waals surface area contributed by atoms with Crippen molar-refractivity contribution in [3.05, 3.63) is 41.5 Å². The molecule has 1 saturated carbocycles. The number of ether oxygens (including phenoxy) is 1. The van der Waals surface area contributed by atoms with Crippen molar-refractivity contribution >= 4 is 17.8 Å². The molecule has 7 nitrogen and oxygen atoms in total. The Labute approximate surface area is 183 Å². The number of aryl methyl sites for hydroxylation is 1. The molecule has 1 heterocycles. The van der Waals surface area contributed by atoms with E-state index in [9.17, 15) is 9.59 Å². The van der Waals surface area contributed by atoms with Crippen LogP contribution < -0.4 is 15.4 Å². The first-order chi connectivity index (χ1) is 15.0. The molecule has 0 spiro atoms. The molecule has 3 aliphatic rings. The quantitative estimate of drug-likeness (QED) is 0.288. The number of aliphatic imine (C=N–C) groups is 1. The fraction of sp³-hybridized carbons (Fsp3) is 0.542. The lowest BCUT2D eigenvalue weighted by Gasteiger charge is -2.18. The van der Waals surface area contributed by atoms with E-state index in [0.717, 1.165) is 30.7 Å². The van der Waals surface area contributed by atoms with Crippen LogP contribution in [0.2, 0.25) is 0 Å². The zero-order valence-electron chi connectivity index (χ0n) is 18.6. The number of carbonyl (C=O) groups is 2. The van der Waals surface area contributed by atoms with E-state index < -0.39 is 0 Å². The highest BCUT2D eigenvalue weighted by molar-refractivity contribution is 6.06. The molecule has 4 unspecified atom stereocenters. The Hall–Kier alpha value is -2.83. The van der Waals surface area contributed by atoms with Crippen molar-refractivity contribution in [2.24, 2.45) is 28.7 Å². The average Bonchev–Trinajstić information content (AvgIpc) is 3.43. The summed E-state index contributed by atoms with van der Waals surface area (Å²) >= 11 is 0. The Morgan fingerprint density at radius 3 is 2.52 bits per heavy atom. The van der Waals surface area contributed by atoms with Gasteiger partial charge >= 0.3 is 0 Å². The SMILES string of the molecule is CCNC(=NCCc1cc(C)ccc1OC)NCCN1C(=O)C2C3C=CC(C3)C2C1=O. The number of rotatable bonds is 8. The van der Waals surface area contributed by atoms with E-state index in [0.29, 0.717) is 25.6 Å². The molecule has 2 bridgehead atoms. The Bertz CT molecular complexity index is 880. The van der Waals surface area contributed by atoms with Crippen molar-refractivity contribution in [1.29, 1.82) is 0 Å². The molecule has 2 N–H and O–H groups in total. The summed E-state index contributed by atoms with van der Waals surface area (Å²) in [7, 11) is 1.68. The number of fused-ring (bicyclic) bond motifs is 5. The van der Waals surface area contributed by atoms with Gasteiger partial charge in [0.25, 0.3) is 0 Å². The molecule has 0 aromatic heterocycles. The number of benzene rings is 1.